The molecule has 6 nitrogen and oxygen atoms in total. The topological polar surface area (TPSA) is 80.0 Å². The minimum Gasteiger partial charge on any atom is -0.390 e. The normalized spacial score (nSPS) is 19.3. The van der Waals surface area contributed by atoms with E-state index in [0.717, 1.165) is 30.4 Å². The molecule has 0 atom stereocenters. The summed E-state index contributed by atoms with van der Waals surface area (Å²) >= 11 is 6.26. The van der Waals surface area contributed by atoms with Crippen LogP contribution < -0.4 is 5.32 Å². The van der Waals surface area contributed by atoms with Gasteiger partial charge in [-0.1, -0.05) is 17.7 Å². The molecule has 2 N–H and O–H groups in total. The predicted octanol–water partition coefficient (Wildman–Crippen LogP) is 5.08. The van der Waals surface area contributed by atoms with Gasteiger partial charge in [0, 0.05) is 11.6 Å². The number of pyridine rings is 1. The average molecular weight is 453 g/mol. The van der Waals surface area contributed by atoms with Crippen LogP contribution in [0.15, 0.2) is 36.5 Å². The van der Waals surface area contributed by atoms with Gasteiger partial charge in [-0.2, -0.15) is 18.3 Å². The highest BCUT2D eigenvalue weighted by Gasteiger charge is 2.40. The standard InChI is InChI=1S/C21H20ClF3N4O2/c1-20(2,31)12-7-13(8-12)29-10-11-6-17(14(22)9-16(11)28-29)27-19(30)15-4-3-5-18(26-15)21(23,24)25/h3-6,9-10,12-13,31H,7-8H2,1-2H3,(H,27,30). The van der Waals surface area contributed by atoms with Crippen molar-refractivity contribution >= 4 is 34.1 Å². The van der Waals surface area contributed by atoms with E-state index in [1.54, 1.807) is 26.0 Å². The lowest BCUT2D eigenvalue weighted by Crippen LogP contribution is -2.41. The summed E-state index contributed by atoms with van der Waals surface area (Å²) in [6, 6.07) is 6.50. The van der Waals surface area contributed by atoms with Crippen molar-refractivity contribution in [3.63, 3.8) is 0 Å². The van der Waals surface area contributed by atoms with Crippen molar-refractivity contribution in [2.75, 3.05) is 5.32 Å². The van der Waals surface area contributed by atoms with Gasteiger partial charge in [-0.05, 0) is 56.9 Å². The molecule has 1 amide bonds. The van der Waals surface area contributed by atoms with Gasteiger partial charge in [-0.3, -0.25) is 9.48 Å². The van der Waals surface area contributed by atoms with E-state index in [1.165, 1.54) is 6.07 Å². The fourth-order valence-electron chi connectivity index (χ4n) is 3.63. The smallest absolute Gasteiger partial charge is 0.390 e. The Balaban J connectivity index is 1.54. The largest absolute Gasteiger partial charge is 0.433 e. The van der Waals surface area contributed by atoms with Crippen LogP contribution in [0.5, 0.6) is 0 Å². The number of aromatic nitrogens is 3. The van der Waals surface area contributed by atoms with Gasteiger partial charge < -0.3 is 10.4 Å². The number of rotatable bonds is 4. The highest BCUT2D eigenvalue weighted by molar-refractivity contribution is 6.34. The van der Waals surface area contributed by atoms with Gasteiger partial charge in [0.25, 0.3) is 5.91 Å². The molecular weight excluding hydrogens is 433 g/mol. The van der Waals surface area contributed by atoms with E-state index in [4.69, 9.17) is 11.6 Å². The molecule has 1 fully saturated rings. The first kappa shape index (κ1) is 21.6. The number of nitrogens with one attached hydrogen (secondary N) is 1. The minimum absolute atomic E-state index is 0.162. The van der Waals surface area contributed by atoms with E-state index in [0.29, 0.717) is 5.52 Å². The summed E-state index contributed by atoms with van der Waals surface area (Å²) in [5, 5.41) is 18.1. The Morgan fingerprint density at radius 3 is 2.61 bits per heavy atom. The second-order valence-corrected chi connectivity index (χ2v) is 8.74. The third-order valence-corrected chi connectivity index (χ3v) is 5.93. The van der Waals surface area contributed by atoms with Crippen LogP contribution in [0.3, 0.4) is 0 Å². The highest BCUT2D eigenvalue weighted by Crippen LogP contribution is 2.44. The maximum absolute atomic E-state index is 12.8. The molecule has 4 rings (SSSR count). The minimum atomic E-state index is -4.65. The summed E-state index contributed by atoms with van der Waals surface area (Å²) in [5.41, 5.74) is -1.36. The van der Waals surface area contributed by atoms with Crippen molar-refractivity contribution in [2.45, 2.75) is 44.5 Å². The second kappa shape index (κ2) is 7.49. The molecule has 1 aliphatic rings. The Morgan fingerprint density at radius 1 is 1.26 bits per heavy atom. The predicted molar refractivity (Wildman–Crippen MR) is 110 cm³/mol. The van der Waals surface area contributed by atoms with E-state index in [1.807, 2.05) is 10.9 Å². The zero-order chi connectivity index (χ0) is 22.6. The number of hydrogen-bond acceptors (Lipinski definition) is 4. The number of aliphatic hydroxyl groups is 1. The van der Waals surface area contributed by atoms with Crippen LogP contribution in [0.1, 0.15) is 48.9 Å². The third-order valence-electron chi connectivity index (χ3n) is 5.62. The molecule has 2 heterocycles. The van der Waals surface area contributed by atoms with Gasteiger partial charge in [-0.25, -0.2) is 4.98 Å². The Morgan fingerprint density at radius 2 is 1.97 bits per heavy atom. The molecule has 0 spiro atoms. The van der Waals surface area contributed by atoms with Gasteiger partial charge in [0.05, 0.1) is 27.9 Å². The van der Waals surface area contributed by atoms with E-state index in [-0.39, 0.29) is 28.4 Å². The molecule has 31 heavy (non-hydrogen) atoms. The zero-order valence-electron chi connectivity index (χ0n) is 16.7. The van der Waals surface area contributed by atoms with Crippen LogP contribution in [0, 0.1) is 5.92 Å². The monoisotopic (exact) mass is 452 g/mol. The summed E-state index contributed by atoms with van der Waals surface area (Å²) in [7, 11) is 0. The number of amides is 1. The number of halogens is 4. The first-order valence-electron chi connectivity index (χ1n) is 9.68. The lowest BCUT2D eigenvalue weighted by molar-refractivity contribution is -0.141. The molecule has 10 heteroatoms. The average Bonchev–Trinajstić information content (AvgIpc) is 3.00. The fourth-order valence-corrected chi connectivity index (χ4v) is 3.84. The molecule has 1 aromatic carbocycles. The lowest BCUT2D eigenvalue weighted by Gasteiger charge is -2.42. The van der Waals surface area contributed by atoms with Crippen LogP contribution in [-0.2, 0) is 6.18 Å². The van der Waals surface area contributed by atoms with E-state index in [2.05, 4.69) is 15.4 Å². The number of benzene rings is 1. The summed E-state index contributed by atoms with van der Waals surface area (Å²) in [6.45, 7) is 3.59. The van der Waals surface area contributed by atoms with E-state index in [9.17, 15) is 23.1 Å². The molecule has 2 aromatic heterocycles. The first-order chi connectivity index (χ1) is 14.4. The Bertz CT molecular complexity index is 1150. The Kier molecular flexibility index (Phi) is 5.21. The van der Waals surface area contributed by atoms with Crippen LogP contribution in [0.4, 0.5) is 18.9 Å². The van der Waals surface area contributed by atoms with Gasteiger partial charge in [-0.15, -0.1) is 0 Å². The van der Waals surface area contributed by atoms with Gasteiger partial charge in [0.2, 0.25) is 0 Å². The number of fused-ring (bicyclic) bond motifs is 1. The molecule has 0 aliphatic heterocycles. The number of nitrogens with zero attached hydrogens (tertiary/aromatic N) is 3. The Hall–Kier alpha value is -2.65. The number of carbonyl (C=O) groups excluding carboxylic acids is 1. The summed E-state index contributed by atoms with van der Waals surface area (Å²) in [5.74, 6) is -0.602. The molecule has 0 saturated heterocycles. The Labute approximate surface area is 181 Å². The third kappa shape index (κ3) is 4.38. The molecular formula is C21H20ClF3N4O2. The summed E-state index contributed by atoms with van der Waals surface area (Å²) in [6.07, 6.45) is -1.21. The van der Waals surface area contributed by atoms with Crippen molar-refractivity contribution in [1.29, 1.82) is 0 Å². The molecule has 1 aliphatic carbocycles. The van der Waals surface area contributed by atoms with Crippen molar-refractivity contribution in [2.24, 2.45) is 5.92 Å². The maximum Gasteiger partial charge on any atom is 0.433 e. The number of hydrogen-bond donors (Lipinski definition) is 2. The van der Waals surface area contributed by atoms with Crippen LogP contribution in [0.25, 0.3) is 10.9 Å². The quantitative estimate of drug-likeness (QED) is 0.578. The number of carbonyl (C=O) groups is 1. The molecule has 1 saturated carbocycles. The highest BCUT2D eigenvalue weighted by atomic mass is 35.5. The zero-order valence-corrected chi connectivity index (χ0v) is 17.5. The second-order valence-electron chi connectivity index (χ2n) is 8.34. The maximum atomic E-state index is 12.8. The molecule has 164 valence electrons. The SMILES string of the molecule is CC(C)(O)C1CC(n2cc3cc(NC(=O)c4cccc(C(F)(F)F)n4)c(Cl)cc3n2)C1. The fraction of sp³-hybridized carbons (Fsp3) is 0.381. The van der Waals surface area contributed by atoms with Crippen molar-refractivity contribution < 1.29 is 23.1 Å². The molecule has 0 unspecified atom stereocenters. The lowest BCUT2D eigenvalue weighted by atomic mass is 9.71. The van der Waals surface area contributed by atoms with Gasteiger partial charge in [0.1, 0.15) is 11.4 Å². The number of alkyl halides is 3. The number of anilines is 1. The summed E-state index contributed by atoms with van der Waals surface area (Å²) < 4.78 is 40.4. The van der Waals surface area contributed by atoms with Crippen molar-refractivity contribution in [3.8, 4) is 0 Å². The van der Waals surface area contributed by atoms with Crippen LogP contribution in [0.2, 0.25) is 5.02 Å². The van der Waals surface area contributed by atoms with Crippen molar-refractivity contribution in [1.82, 2.24) is 14.8 Å². The van der Waals surface area contributed by atoms with Crippen LogP contribution in [-0.4, -0.2) is 31.4 Å². The van der Waals surface area contributed by atoms with Crippen molar-refractivity contribution in [3.05, 3.63) is 52.9 Å². The first-order valence-corrected chi connectivity index (χ1v) is 10.1. The van der Waals surface area contributed by atoms with Crippen LogP contribution >= 0.6 is 11.6 Å². The van der Waals surface area contributed by atoms with Gasteiger partial charge in [0.15, 0.2) is 0 Å². The molecule has 0 radical (unpaired) electrons. The van der Waals surface area contributed by atoms with E-state index >= 15 is 0 Å². The van der Waals surface area contributed by atoms with E-state index < -0.39 is 23.4 Å². The molecule has 0 bridgehead atoms. The van der Waals surface area contributed by atoms with Gasteiger partial charge >= 0.3 is 6.18 Å². The summed E-state index contributed by atoms with van der Waals surface area (Å²) in [4.78, 5) is 15.8. The molecule has 3 aromatic rings.